The minimum atomic E-state index is -0.431. The Hall–Kier alpha value is -3.89. The molecule has 0 saturated carbocycles. The molecule has 5 rings (SSSR count). The Morgan fingerprint density at radius 3 is 2.56 bits per heavy atom. The summed E-state index contributed by atoms with van der Waals surface area (Å²) in [6, 6.07) is 15.9. The second-order valence-electron chi connectivity index (χ2n) is 7.25. The number of hydrogen-bond donors (Lipinski definition) is 1. The van der Waals surface area contributed by atoms with Crippen LogP contribution in [-0.4, -0.2) is 49.0 Å². The molecule has 0 aliphatic rings. The monoisotopic (exact) mass is 492 g/mol. The minimum absolute atomic E-state index is 0.139. The summed E-state index contributed by atoms with van der Waals surface area (Å²) in [4.78, 5) is 23.9. The zero-order chi connectivity index (χ0) is 23.7. The number of esters is 1. The van der Waals surface area contributed by atoms with Gasteiger partial charge in [0.15, 0.2) is 10.8 Å². The van der Waals surface area contributed by atoms with Crippen molar-refractivity contribution in [2.75, 3.05) is 18.2 Å². The molecule has 0 fully saturated rings. The summed E-state index contributed by atoms with van der Waals surface area (Å²) in [6.07, 6.45) is 3.63. The van der Waals surface area contributed by atoms with E-state index in [1.807, 2.05) is 47.1 Å². The van der Waals surface area contributed by atoms with Crippen LogP contribution in [0.4, 0.5) is 5.69 Å². The fourth-order valence-corrected chi connectivity index (χ4v) is 4.23. The van der Waals surface area contributed by atoms with E-state index in [1.165, 1.54) is 18.9 Å². The molecule has 3 aromatic heterocycles. The fourth-order valence-electron chi connectivity index (χ4n) is 3.39. The number of methoxy groups -OCH3 is 1. The Balaban J connectivity index is 1.30. The van der Waals surface area contributed by atoms with E-state index in [1.54, 1.807) is 28.8 Å². The molecule has 2 aromatic carbocycles. The first-order chi connectivity index (χ1) is 16.5. The molecular formula is C23H17ClN6O3S. The van der Waals surface area contributed by atoms with Gasteiger partial charge in [0.25, 0.3) is 0 Å². The zero-order valence-corrected chi connectivity index (χ0v) is 19.4. The molecular weight excluding hydrogens is 476 g/mol. The second-order valence-corrected chi connectivity index (χ2v) is 8.63. The van der Waals surface area contributed by atoms with Crippen LogP contribution in [0.3, 0.4) is 0 Å². The molecule has 0 aliphatic heterocycles. The van der Waals surface area contributed by atoms with Crippen molar-refractivity contribution in [3.05, 3.63) is 77.6 Å². The average Bonchev–Trinajstić information content (AvgIpc) is 3.47. The van der Waals surface area contributed by atoms with Crippen LogP contribution in [0.25, 0.3) is 22.4 Å². The lowest BCUT2D eigenvalue weighted by atomic mass is 10.1. The van der Waals surface area contributed by atoms with Crippen LogP contribution in [0.15, 0.2) is 72.1 Å². The maximum Gasteiger partial charge on any atom is 0.337 e. The van der Waals surface area contributed by atoms with Crippen LogP contribution in [0.5, 0.6) is 0 Å². The van der Waals surface area contributed by atoms with Crippen molar-refractivity contribution in [3.8, 4) is 11.3 Å². The van der Waals surface area contributed by atoms with Gasteiger partial charge in [-0.25, -0.2) is 9.31 Å². The summed E-state index contributed by atoms with van der Waals surface area (Å²) in [5.41, 5.74) is 4.16. The van der Waals surface area contributed by atoms with Gasteiger partial charge < -0.3 is 10.1 Å². The molecule has 0 unspecified atom stereocenters. The van der Waals surface area contributed by atoms with E-state index >= 15 is 0 Å². The third kappa shape index (κ3) is 4.33. The van der Waals surface area contributed by atoms with Crippen molar-refractivity contribution in [3.63, 3.8) is 0 Å². The van der Waals surface area contributed by atoms with Gasteiger partial charge in [0.05, 0.1) is 24.1 Å². The van der Waals surface area contributed by atoms with E-state index in [0.717, 1.165) is 16.8 Å². The number of thioether (sulfide) groups is 1. The number of carbonyl (C=O) groups excluding carboxylic acids is 2. The van der Waals surface area contributed by atoms with Gasteiger partial charge in [0, 0.05) is 28.7 Å². The van der Waals surface area contributed by atoms with E-state index in [4.69, 9.17) is 11.6 Å². The third-order valence-electron chi connectivity index (χ3n) is 5.05. The number of carbonyl (C=O) groups is 2. The first kappa shape index (κ1) is 21.9. The Labute approximate surface area is 202 Å². The molecule has 0 aliphatic carbocycles. The van der Waals surface area contributed by atoms with Crippen LogP contribution < -0.4 is 5.32 Å². The number of ether oxygens (including phenoxy) is 1. The Morgan fingerprint density at radius 1 is 1.06 bits per heavy atom. The van der Waals surface area contributed by atoms with Crippen molar-refractivity contribution in [2.24, 2.45) is 0 Å². The average molecular weight is 493 g/mol. The number of anilines is 1. The van der Waals surface area contributed by atoms with Crippen molar-refractivity contribution >= 4 is 52.1 Å². The Bertz CT molecular complexity index is 1510. The summed E-state index contributed by atoms with van der Waals surface area (Å²) in [5.74, 6) is -0.497. The number of hydrogen-bond acceptors (Lipinski definition) is 7. The smallest absolute Gasteiger partial charge is 0.337 e. The number of nitrogens with zero attached hydrogens (tertiary/aromatic N) is 5. The lowest BCUT2D eigenvalue weighted by molar-refractivity contribution is -0.113. The Kier molecular flexibility index (Phi) is 5.91. The maximum atomic E-state index is 12.4. The maximum absolute atomic E-state index is 12.4. The second kappa shape index (κ2) is 9.16. The molecule has 9 nitrogen and oxygen atoms in total. The summed E-state index contributed by atoms with van der Waals surface area (Å²) >= 11 is 7.25. The number of halogens is 1. The summed E-state index contributed by atoms with van der Waals surface area (Å²) in [7, 11) is 1.32. The molecule has 0 bridgehead atoms. The number of benzene rings is 2. The minimum Gasteiger partial charge on any atom is -0.465 e. The SMILES string of the molecule is COC(=O)c1ccc(NC(=O)CSc2nnc3c4cc(-c5ccc(Cl)cc5)nn4ccn23)cc1. The molecule has 170 valence electrons. The fraction of sp³-hybridized carbons (Fsp3) is 0.0870. The lowest BCUT2D eigenvalue weighted by Gasteiger charge is -2.06. The molecule has 11 heteroatoms. The standard InChI is InChI=1S/C23H17ClN6O3S/c1-33-22(32)15-4-8-17(9-5-15)25-20(31)13-34-23-27-26-21-19-12-18(14-2-6-16(24)7-3-14)28-30(19)11-10-29(21)23/h2-12H,13H2,1H3,(H,25,31). The third-order valence-corrected chi connectivity index (χ3v) is 6.24. The number of fused-ring (bicyclic) bond motifs is 3. The van der Waals surface area contributed by atoms with Gasteiger partial charge in [0.2, 0.25) is 5.91 Å². The highest BCUT2D eigenvalue weighted by molar-refractivity contribution is 7.99. The van der Waals surface area contributed by atoms with Gasteiger partial charge in [-0.1, -0.05) is 35.5 Å². The molecule has 0 saturated heterocycles. The first-order valence-corrected chi connectivity index (χ1v) is 11.5. The molecule has 0 atom stereocenters. The highest BCUT2D eigenvalue weighted by Gasteiger charge is 2.14. The van der Waals surface area contributed by atoms with E-state index in [-0.39, 0.29) is 11.7 Å². The molecule has 5 aromatic rings. The zero-order valence-electron chi connectivity index (χ0n) is 17.8. The normalized spacial score (nSPS) is 11.1. The summed E-state index contributed by atoms with van der Waals surface area (Å²) in [6.45, 7) is 0. The summed E-state index contributed by atoms with van der Waals surface area (Å²) in [5, 5.41) is 17.2. The van der Waals surface area contributed by atoms with E-state index in [2.05, 4.69) is 25.3 Å². The number of nitrogens with one attached hydrogen (secondary N) is 1. The van der Waals surface area contributed by atoms with E-state index in [0.29, 0.717) is 27.1 Å². The molecule has 0 radical (unpaired) electrons. The van der Waals surface area contributed by atoms with Crippen LogP contribution in [0.2, 0.25) is 5.02 Å². The van der Waals surface area contributed by atoms with Crippen LogP contribution in [-0.2, 0) is 9.53 Å². The van der Waals surface area contributed by atoms with Crippen LogP contribution in [0.1, 0.15) is 10.4 Å². The highest BCUT2D eigenvalue weighted by atomic mass is 35.5. The topological polar surface area (TPSA) is 103 Å². The van der Waals surface area contributed by atoms with Gasteiger partial charge in [-0.15, -0.1) is 10.2 Å². The lowest BCUT2D eigenvalue weighted by Crippen LogP contribution is -2.14. The van der Waals surface area contributed by atoms with Crippen molar-refractivity contribution in [2.45, 2.75) is 5.16 Å². The van der Waals surface area contributed by atoms with Crippen molar-refractivity contribution < 1.29 is 14.3 Å². The predicted octanol–water partition coefficient (Wildman–Crippen LogP) is 4.21. The molecule has 0 spiro atoms. The van der Waals surface area contributed by atoms with E-state index < -0.39 is 5.97 Å². The van der Waals surface area contributed by atoms with Crippen molar-refractivity contribution in [1.82, 2.24) is 24.2 Å². The van der Waals surface area contributed by atoms with Crippen LogP contribution >= 0.6 is 23.4 Å². The summed E-state index contributed by atoms with van der Waals surface area (Å²) < 4.78 is 8.24. The van der Waals surface area contributed by atoms with Gasteiger partial charge in [-0.05, 0) is 42.5 Å². The number of rotatable bonds is 6. The number of aromatic nitrogens is 5. The number of amides is 1. The molecule has 1 amide bonds. The predicted molar refractivity (Wildman–Crippen MR) is 129 cm³/mol. The van der Waals surface area contributed by atoms with Gasteiger partial charge in [0.1, 0.15) is 5.52 Å². The van der Waals surface area contributed by atoms with Crippen molar-refractivity contribution in [1.29, 1.82) is 0 Å². The Morgan fingerprint density at radius 2 is 1.82 bits per heavy atom. The largest absolute Gasteiger partial charge is 0.465 e. The van der Waals surface area contributed by atoms with E-state index in [9.17, 15) is 9.59 Å². The molecule has 34 heavy (non-hydrogen) atoms. The van der Waals surface area contributed by atoms with Crippen LogP contribution in [0, 0.1) is 0 Å². The molecule has 1 N–H and O–H groups in total. The quantitative estimate of drug-likeness (QED) is 0.279. The van der Waals surface area contributed by atoms with Gasteiger partial charge in [-0.2, -0.15) is 5.10 Å². The first-order valence-electron chi connectivity index (χ1n) is 10.1. The highest BCUT2D eigenvalue weighted by Crippen LogP contribution is 2.25. The van der Waals surface area contributed by atoms with Gasteiger partial charge in [-0.3, -0.25) is 9.20 Å². The molecule has 3 heterocycles. The van der Waals surface area contributed by atoms with Gasteiger partial charge >= 0.3 is 5.97 Å².